The van der Waals surface area contributed by atoms with Gasteiger partial charge in [-0.1, -0.05) is 38.8 Å². The number of nitrogens with zero attached hydrogens (tertiary/aromatic N) is 1. The van der Waals surface area contributed by atoms with E-state index in [0.29, 0.717) is 17.9 Å². The molecule has 2 aromatic rings. The molecule has 4 rings (SSSR count). The van der Waals surface area contributed by atoms with Crippen LogP contribution < -0.4 is 0 Å². The van der Waals surface area contributed by atoms with Crippen molar-refractivity contribution in [3.63, 3.8) is 0 Å². The van der Waals surface area contributed by atoms with Gasteiger partial charge in [-0.3, -0.25) is 9.78 Å². The van der Waals surface area contributed by atoms with Crippen molar-refractivity contribution in [2.45, 2.75) is 64.9 Å². The van der Waals surface area contributed by atoms with Crippen molar-refractivity contribution in [1.29, 1.82) is 0 Å². The summed E-state index contributed by atoms with van der Waals surface area (Å²) >= 11 is 0. The topological polar surface area (TPSA) is 48.4 Å². The second kappa shape index (κ2) is 7.96. The lowest BCUT2D eigenvalue weighted by atomic mass is 9.72. The molecule has 1 fully saturated rings. The van der Waals surface area contributed by atoms with Crippen LogP contribution in [0.25, 0.3) is 11.1 Å². The Hall–Kier alpha value is -2.11. The molecule has 0 radical (unpaired) electrons. The zero-order valence-corrected chi connectivity index (χ0v) is 17.4. The van der Waals surface area contributed by atoms with Gasteiger partial charge < -0.3 is 0 Å². The van der Waals surface area contributed by atoms with Crippen LogP contribution in [0.4, 0.5) is 4.39 Å². The Morgan fingerprint density at radius 3 is 2.45 bits per heavy atom. The summed E-state index contributed by atoms with van der Waals surface area (Å²) in [5.41, 5.74) is 5.01. The van der Waals surface area contributed by atoms with Crippen molar-refractivity contribution < 1.29 is 19.0 Å². The molecule has 0 aliphatic heterocycles. The predicted molar refractivity (Wildman–Crippen MR) is 109 cm³/mol. The average Bonchev–Trinajstić information content (AvgIpc) is 3.20. The van der Waals surface area contributed by atoms with Gasteiger partial charge in [0.15, 0.2) is 5.78 Å². The number of rotatable bonds is 5. The fraction of sp³-hybridized carbons (Fsp3) is 0.500. The first-order chi connectivity index (χ1) is 13.9. The highest BCUT2D eigenvalue weighted by atomic mass is 19.1. The van der Waals surface area contributed by atoms with Crippen LogP contribution in [0.1, 0.15) is 79.2 Å². The lowest BCUT2D eigenvalue weighted by Crippen LogP contribution is -2.30. The van der Waals surface area contributed by atoms with E-state index in [-0.39, 0.29) is 23.6 Å². The second-order valence-corrected chi connectivity index (χ2v) is 9.03. The highest BCUT2D eigenvalue weighted by Crippen LogP contribution is 2.44. The lowest BCUT2D eigenvalue weighted by Gasteiger charge is -2.33. The number of aromatic nitrogens is 1. The second-order valence-electron chi connectivity index (χ2n) is 9.03. The van der Waals surface area contributed by atoms with Crippen LogP contribution in [0, 0.1) is 11.2 Å². The molecule has 0 bridgehead atoms. The van der Waals surface area contributed by atoms with Crippen molar-refractivity contribution in [3.8, 4) is 11.1 Å². The maximum atomic E-state index is 13.6. The summed E-state index contributed by atoms with van der Waals surface area (Å²) in [7, 11) is 1.48. The molecule has 1 saturated carbocycles. The number of carbonyl (C=O) groups excluding carboxylic acids is 1. The normalized spacial score (nSPS) is 18.8. The van der Waals surface area contributed by atoms with Crippen LogP contribution >= 0.6 is 0 Å². The number of Topliss-reactive ketones (excluding diaryl/α,β-unsaturated/α-hetero) is 1. The molecule has 1 aromatic heterocycles. The van der Waals surface area contributed by atoms with Crippen molar-refractivity contribution in [2.75, 3.05) is 7.11 Å². The molecule has 0 saturated heterocycles. The summed E-state index contributed by atoms with van der Waals surface area (Å²) in [5, 5.41) is 0. The quantitative estimate of drug-likeness (QED) is 0.474. The molecule has 5 heteroatoms. The molecule has 0 unspecified atom stereocenters. The fourth-order valence-corrected chi connectivity index (χ4v) is 4.90. The number of carbonyl (C=O) groups is 1. The number of hydrogen-bond acceptors (Lipinski definition) is 4. The van der Waals surface area contributed by atoms with E-state index < -0.39 is 0 Å². The summed E-state index contributed by atoms with van der Waals surface area (Å²) in [6.45, 7) is 4.44. The summed E-state index contributed by atoms with van der Waals surface area (Å²) in [6.07, 6.45) is 5.78. The first kappa shape index (κ1) is 20.2. The standard InChI is InChI=1S/C24H28FNO3/c1-24(2)12-19-22(20(27)13-24)21(15-8-10-17(25)11-9-15)18(14-29-28-3)23(26-19)16-6-4-5-7-16/h8-11,16H,4-7,12-14H2,1-3H3. The average molecular weight is 397 g/mol. The molecule has 2 aliphatic carbocycles. The Labute approximate surface area is 171 Å². The lowest BCUT2D eigenvalue weighted by molar-refractivity contribution is -0.282. The molecule has 0 amide bonds. The number of ketones is 1. The zero-order valence-electron chi connectivity index (χ0n) is 17.4. The van der Waals surface area contributed by atoms with Crippen LogP contribution in [0.15, 0.2) is 24.3 Å². The summed E-state index contributed by atoms with van der Waals surface area (Å²) in [6, 6.07) is 6.37. The van der Waals surface area contributed by atoms with Crippen LogP contribution in [-0.4, -0.2) is 17.9 Å². The zero-order chi connectivity index (χ0) is 20.6. The monoisotopic (exact) mass is 397 g/mol. The number of halogens is 1. The first-order valence-corrected chi connectivity index (χ1v) is 10.4. The number of fused-ring (bicyclic) bond motifs is 1. The summed E-state index contributed by atoms with van der Waals surface area (Å²) < 4.78 is 13.6. The van der Waals surface area contributed by atoms with Gasteiger partial charge in [-0.25, -0.2) is 14.2 Å². The maximum Gasteiger partial charge on any atom is 0.165 e. The van der Waals surface area contributed by atoms with Crippen molar-refractivity contribution >= 4 is 5.78 Å². The molecule has 2 aliphatic rings. The Bertz CT molecular complexity index is 915. The summed E-state index contributed by atoms with van der Waals surface area (Å²) in [4.78, 5) is 28.6. The Morgan fingerprint density at radius 2 is 1.79 bits per heavy atom. The fourth-order valence-electron chi connectivity index (χ4n) is 4.90. The molecule has 0 atom stereocenters. The number of benzene rings is 1. The van der Waals surface area contributed by atoms with E-state index in [9.17, 15) is 9.18 Å². The summed E-state index contributed by atoms with van der Waals surface area (Å²) in [5.74, 6) is 0.157. The minimum absolute atomic E-state index is 0.0970. The smallest absolute Gasteiger partial charge is 0.165 e. The molecule has 1 aromatic carbocycles. The highest BCUT2D eigenvalue weighted by Gasteiger charge is 2.37. The third-order valence-electron chi connectivity index (χ3n) is 6.16. The van der Waals surface area contributed by atoms with E-state index in [1.54, 1.807) is 12.1 Å². The highest BCUT2D eigenvalue weighted by molar-refractivity contribution is 6.05. The van der Waals surface area contributed by atoms with E-state index in [1.807, 2.05) is 0 Å². The van der Waals surface area contributed by atoms with E-state index in [2.05, 4.69) is 13.8 Å². The van der Waals surface area contributed by atoms with Crippen LogP contribution in [0.5, 0.6) is 0 Å². The maximum absolute atomic E-state index is 13.6. The molecule has 4 nitrogen and oxygen atoms in total. The van der Waals surface area contributed by atoms with Crippen molar-refractivity contribution in [3.05, 3.63) is 52.6 Å². The third kappa shape index (κ3) is 3.99. The van der Waals surface area contributed by atoms with E-state index in [4.69, 9.17) is 14.8 Å². The molecular formula is C24H28FNO3. The van der Waals surface area contributed by atoms with Gasteiger partial charge in [0.05, 0.1) is 18.5 Å². The van der Waals surface area contributed by atoms with E-state index >= 15 is 0 Å². The largest absolute Gasteiger partial charge is 0.294 e. The van der Waals surface area contributed by atoms with Gasteiger partial charge in [0.2, 0.25) is 0 Å². The van der Waals surface area contributed by atoms with Crippen LogP contribution in [-0.2, 0) is 22.8 Å². The first-order valence-electron chi connectivity index (χ1n) is 10.4. The van der Waals surface area contributed by atoms with Gasteiger partial charge in [-0.2, -0.15) is 0 Å². The Morgan fingerprint density at radius 1 is 1.10 bits per heavy atom. The molecule has 29 heavy (non-hydrogen) atoms. The van der Waals surface area contributed by atoms with Crippen LogP contribution in [0.3, 0.4) is 0 Å². The number of pyridine rings is 1. The van der Waals surface area contributed by atoms with Crippen molar-refractivity contribution in [1.82, 2.24) is 4.98 Å². The molecular weight excluding hydrogens is 369 g/mol. The Balaban J connectivity index is 1.99. The van der Waals surface area contributed by atoms with Crippen molar-refractivity contribution in [2.24, 2.45) is 5.41 Å². The van der Waals surface area contributed by atoms with Gasteiger partial charge in [0.1, 0.15) is 12.4 Å². The number of hydrogen-bond donors (Lipinski definition) is 0. The van der Waals surface area contributed by atoms with Gasteiger partial charge in [0.25, 0.3) is 0 Å². The van der Waals surface area contributed by atoms with Gasteiger partial charge in [-0.15, -0.1) is 0 Å². The molecule has 154 valence electrons. The van der Waals surface area contributed by atoms with Gasteiger partial charge in [0, 0.05) is 29.0 Å². The molecule has 0 spiro atoms. The third-order valence-corrected chi connectivity index (χ3v) is 6.16. The minimum atomic E-state index is -0.296. The van der Waals surface area contributed by atoms with Crippen LogP contribution in [0.2, 0.25) is 0 Å². The minimum Gasteiger partial charge on any atom is -0.294 e. The molecule has 0 N–H and O–H groups in total. The SMILES string of the molecule is COOCc1c(C2CCCC2)nc2c(c1-c1ccc(F)cc1)C(=O)CC(C)(C)C2. The molecule has 1 heterocycles. The van der Waals surface area contributed by atoms with Gasteiger partial charge in [-0.05, 0) is 42.4 Å². The Kier molecular flexibility index (Phi) is 5.54. The van der Waals surface area contributed by atoms with E-state index in [0.717, 1.165) is 47.3 Å². The van der Waals surface area contributed by atoms with E-state index in [1.165, 1.54) is 32.1 Å². The predicted octanol–water partition coefficient (Wildman–Crippen LogP) is 5.78. The van der Waals surface area contributed by atoms with Gasteiger partial charge >= 0.3 is 0 Å².